The topological polar surface area (TPSA) is 87.9 Å². The van der Waals surface area contributed by atoms with E-state index in [2.05, 4.69) is 0 Å². The first-order chi connectivity index (χ1) is 12.0. The molecule has 0 aliphatic carbocycles. The molecule has 0 saturated heterocycles. The lowest BCUT2D eigenvalue weighted by Gasteiger charge is -2.10. The number of carbonyl (C=O) groups is 1. The number of hydrogen-bond acceptors (Lipinski definition) is 7. The Morgan fingerprint density at radius 1 is 1.12 bits per heavy atom. The van der Waals surface area contributed by atoms with Gasteiger partial charge in [-0.15, -0.1) is 11.8 Å². The summed E-state index contributed by atoms with van der Waals surface area (Å²) in [5, 5.41) is 11.1. The van der Waals surface area contributed by atoms with Gasteiger partial charge in [-0.3, -0.25) is 10.1 Å². The normalized spacial score (nSPS) is 10.2. The Morgan fingerprint density at radius 3 is 2.44 bits per heavy atom. The molecular formula is C17H17NO6S. The molecule has 0 amide bonds. The Morgan fingerprint density at radius 2 is 1.84 bits per heavy atom. The van der Waals surface area contributed by atoms with Crippen LogP contribution in [-0.2, 0) is 11.3 Å². The van der Waals surface area contributed by atoms with Gasteiger partial charge in [0.1, 0.15) is 6.61 Å². The Balaban J connectivity index is 2.13. The van der Waals surface area contributed by atoms with Crippen molar-refractivity contribution in [2.75, 3.05) is 20.5 Å². The van der Waals surface area contributed by atoms with E-state index in [-0.39, 0.29) is 17.9 Å². The van der Waals surface area contributed by atoms with Crippen LogP contribution in [0.25, 0.3) is 0 Å². The van der Waals surface area contributed by atoms with Gasteiger partial charge in [0, 0.05) is 6.07 Å². The van der Waals surface area contributed by atoms with Crippen molar-refractivity contribution < 1.29 is 23.9 Å². The lowest BCUT2D eigenvalue weighted by atomic mass is 10.2. The van der Waals surface area contributed by atoms with Crippen molar-refractivity contribution in [3.63, 3.8) is 0 Å². The van der Waals surface area contributed by atoms with E-state index in [1.165, 1.54) is 44.2 Å². The van der Waals surface area contributed by atoms with Gasteiger partial charge in [0.2, 0.25) is 0 Å². The number of esters is 1. The lowest BCUT2D eigenvalue weighted by molar-refractivity contribution is -0.387. The average Bonchev–Trinajstić information content (AvgIpc) is 2.65. The summed E-state index contributed by atoms with van der Waals surface area (Å²) in [6.45, 7) is 0.0112. The first-order valence-electron chi connectivity index (χ1n) is 7.20. The van der Waals surface area contributed by atoms with E-state index >= 15 is 0 Å². The van der Waals surface area contributed by atoms with Gasteiger partial charge in [-0.05, 0) is 36.1 Å². The van der Waals surface area contributed by atoms with Crippen LogP contribution in [0, 0.1) is 10.1 Å². The van der Waals surface area contributed by atoms with E-state index in [9.17, 15) is 14.9 Å². The van der Waals surface area contributed by atoms with Crippen LogP contribution < -0.4 is 9.47 Å². The van der Waals surface area contributed by atoms with Crippen molar-refractivity contribution in [1.29, 1.82) is 0 Å². The minimum atomic E-state index is -0.634. The number of methoxy groups -OCH3 is 2. The van der Waals surface area contributed by atoms with Crippen molar-refractivity contribution in [2.45, 2.75) is 11.5 Å². The van der Waals surface area contributed by atoms with E-state index in [1.807, 2.05) is 0 Å². The van der Waals surface area contributed by atoms with Gasteiger partial charge in [0.15, 0.2) is 11.5 Å². The molecule has 0 atom stereocenters. The second-order valence-corrected chi connectivity index (χ2v) is 5.76. The minimum Gasteiger partial charge on any atom is -0.493 e. The molecule has 25 heavy (non-hydrogen) atoms. The van der Waals surface area contributed by atoms with E-state index in [1.54, 1.807) is 24.5 Å². The Kier molecular flexibility index (Phi) is 6.24. The van der Waals surface area contributed by atoms with Crippen molar-refractivity contribution in [1.82, 2.24) is 0 Å². The third kappa shape index (κ3) is 4.42. The Bertz CT molecular complexity index is 793. The fraction of sp³-hybridized carbons (Fsp3) is 0.235. The molecule has 0 aromatic heterocycles. The SMILES string of the molecule is COc1ccc(COC(=O)c2ccc(SC)c([N+](=O)[O-])c2)cc1OC. The molecule has 2 aromatic rings. The maximum absolute atomic E-state index is 12.2. The molecule has 0 saturated carbocycles. The van der Waals surface area contributed by atoms with Crippen LogP contribution in [0.1, 0.15) is 15.9 Å². The van der Waals surface area contributed by atoms with Crippen molar-refractivity contribution in [2.24, 2.45) is 0 Å². The van der Waals surface area contributed by atoms with Gasteiger partial charge in [-0.25, -0.2) is 4.79 Å². The smallest absolute Gasteiger partial charge is 0.338 e. The summed E-state index contributed by atoms with van der Waals surface area (Å²) in [7, 11) is 3.04. The predicted octanol–water partition coefficient (Wildman–Crippen LogP) is 3.69. The number of carbonyl (C=O) groups excluding carboxylic acids is 1. The van der Waals surface area contributed by atoms with E-state index in [0.29, 0.717) is 22.0 Å². The summed E-state index contributed by atoms with van der Waals surface area (Å²) in [5.41, 5.74) is 0.722. The Labute approximate surface area is 149 Å². The van der Waals surface area contributed by atoms with E-state index in [4.69, 9.17) is 14.2 Å². The van der Waals surface area contributed by atoms with Crippen LogP contribution in [0.4, 0.5) is 5.69 Å². The highest BCUT2D eigenvalue weighted by Gasteiger charge is 2.18. The zero-order chi connectivity index (χ0) is 18.4. The number of nitrogens with zero attached hydrogens (tertiary/aromatic N) is 1. The highest BCUT2D eigenvalue weighted by molar-refractivity contribution is 7.98. The summed E-state index contributed by atoms with van der Waals surface area (Å²) in [6.07, 6.45) is 1.73. The molecule has 2 rings (SSSR count). The molecule has 0 aliphatic rings. The fourth-order valence-electron chi connectivity index (χ4n) is 2.16. The zero-order valence-corrected chi connectivity index (χ0v) is 14.8. The minimum absolute atomic E-state index is 0.0112. The number of nitro benzene ring substituents is 1. The first kappa shape index (κ1) is 18.6. The molecule has 0 fully saturated rings. The maximum Gasteiger partial charge on any atom is 0.338 e. The zero-order valence-electron chi connectivity index (χ0n) is 14.0. The van der Waals surface area contributed by atoms with Gasteiger partial charge < -0.3 is 14.2 Å². The molecular weight excluding hydrogens is 346 g/mol. The number of rotatable bonds is 7. The highest BCUT2D eigenvalue weighted by Crippen LogP contribution is 2.29. The van der Waals surface area contributed by atoms with Gasteiger partial charge in [0.05, 0.1) is 29.6 Å². The number of thioether (sulfide) groups is 1. The molecule has 0 spiro atoms. The van der Waals surface area contributed by atoms with Crippen LogP contribution in [-0.4, -0.2) is 31.4 Å². The molecule has 0 aliphatic heterocycles. The fourth-order valence-corrected chi connectivity index (χ4v) is 2.71. The number of hydrogen-bond donors (Lipinski definition) is 0. The monoisotopic (exact) mass is 363 g/mol. The lowest BCUT2D eigenvalue weighted by Crippen LogP contribution is -2.06. The van der Waals surface area contributed by atoms with Crippen molar-refractivity contribution in [3.05, 3.63) is 57.6 Å². The van der Waals surface area contributed by atoms with Crippen LogP contribution in [0.15, 0.2) is 41.3 Å². The first-order valence-corrected chi connectivity index (χ1v) is 8.43. The molecule has 0 radical (unpaired) electrons. The molecule has 0 bridgehead atoms. The predicted molar refractivity (Wildman–Crippen MR) is 93.5 cm³/mol. The second kappa shape index (κ2) is 8.39. The molecule has 0 unspecified atom stereocenters. The van der Waals surface area contributed by atoms with Crippen LogP contribution in [0.3, 0.4) is 0 Å². The number of ether oxygens (including phenoxy) is 3. The molecule has 0 heterocycles. The number of benzene rings is 2. The van der Waals surface area contributed by atoms with E-state index < -0.39 is 10.9 Å². The maximum atomic E-state index is 12.2. The molecule has 2 aromatic carbocycles. The third-order valence-corrected chi connectivity index (χ3v) is 4.21. The average molecular weight is 363 g/mol. The van der Waals surface area contributed by atoms with Gasteiger partial charge in [-0.2, -0.15) is 0 Å². The Hall–Kier alpha value is -2.74. The highest BCUT2D eigenvalue weighted by atomic mass is 32.2. The van der Waals surface area contributed by atoms with Gasteiger partial charge in [0.25, 0.3) is 5.69 Å². The van der Waals surface area contributed by atoms with Gasteiger partial charge >= 0.3 is 5.97 Å². The number of nitro groups is 1. The second-order valence-electron chi connectivity index (χ2n) is 4.91. The summed E-state index contributed by atoms with van der Waals surface area (Å²) >= 11 is 1.24. The summed E-state index contributed by atoms with van der Waals surface area (Å²) < 4.78 is 15.6. The quantitative estimate of drug-likeness (QED) is 0.321. The van der Waals surface area contributed by atoms with E-state index in [0.717, 1.165) is 0 Å². The van der Waals surface area contributed by atoms with Crippen LogP contribution >= 0.6 is 11.8 Å². The van der Waals surface area contributed by atoms with Crippen molar-refractivity contribution in [3.8, 4) is 11.5 Å². The van der Waals surface area contributed by atoms with Gasteiger partial charge in [-0.1, -0.05) is 6.07 Å². The van der Waals surface area contributed by atoms with Crippen LogP contribution in [0.5, 0.6) is 11.5 Å². The largest absolute Gasteiger partial charge is 0.493 e. The molecule has 132 valence electrons. The summed E-state index contributed by atoms with van der Waals surface area (Å²) in [6, 6.07) is 9.42. The molecule has 7 nitrogen and oxygen atoms in total. The third-order valence-electron chi connectivity index (χ3n) is 3.43. The summed E-state index contributed by atoms with van der Waals surface area (Å²) in [5.74, 6) is 0.461. The summed E-state index contributed by atoms with van der Waals surface area (Å²) in [4.78, 5) is 23.2. The standard InChI is InChI=1S/C17H17NO6S/c1-22-14-6-4-11(8-15(14)23-2)10-24-17(19)12-5-7-16(25-3)13(9-12)18(20)21/h4-9H,10H2,1-3H3. The van der Waals surface area contributed by atoms with Crippen molar-refractivity contribution >= 4 is 23.4 Å². The van der Waals surface area contributed by atoms with Crippen LogP contribution in [0.2, 0.25) is 0 Å². The molecule has 0 N–H and O–H groups in total. The molecule has 8 heteroatoms.